The highest BCUT2D eigenvalue weighted by molar-refractivity contribution is 7.98. The van der Waals surface area contributed by atoms with Crippen molar-refractivity contribution in [3.05, 3.63) is 94.7 Å². The fourth-order valence-corrected chi connectivity index (χ4v) is 5.06. The van der Waals surface area contributed by atoms with E-state index in [1.54, 1.807) is 18.7 Å². The Hall–Kier alpha value is -3.22. The monoisotopic (exact) mass is 476 g/mol. The molecule has 0 amide bonds. The highest BCUT2D eigenvalue weighted by Crippen LogP contribution is 2.34. The number of furan rings is 1. The van der Waals surface area contributed by atoms with Gasteiger partial charge in [-0.15, -0.1) is 0 Å². The van der Waals surface area contributed by atoms with E-state index in [9.17, 15) is 4.79 Å². The quantitative estimate of drug-likeness (QED) is 0.188. The largest absolute Gasteiger partial charge is 0.460 e. The van der Waals surface area contributed by atoms with E-state index < -0.39 is 5.97 Å². The van der Waals surface area contributed by atoms with Crippen molar-refractivity contribution < 1.29 is 13.9 Å². The van der Waals surface area contributed by atoms with Crippen molar-refractivity contribution in [1.82, 2.24) is 9.55 Å². The van der Waals surface area contributed by atoms with E-state index >= 15 is 0 Å². The van der Waals surface area contributed by atoms with Crippen LogP contribution in [-0.4, -0.2) is 22.1 Å². The molecule has 0 saturated heterocycles. The maximum Gasteiger partial charge on any atom is 0.374 e. The summed E-state index contributed by atoms with van der Waals surface area (Å²) >= 11 is 7.79. The van der Waals surface area contributed by atoms with Crippen LogP contribution in [0, 0.1) is 0 Å². The molecule has 0 unspecified atom stereocenters. The van der Waals surface area contributed by atoms with Crippen molar-refractivity contribution in [2.75, 3.05) is 6.61 Å². The zero-order valence-corrected chi connectivity index (χ0v) is 19.5. The standard InChI is InChI=1S/C26H21ClN2O3S/c1-2-31-25(30)24-20(19-10-6-7-11-23(19)32-24)16-33-26-28-21-14-18(27)12-13-22(21)29(26)15-17-8-4-3-5-9-17/h3-14H,2,15-16H2,1H3. The van der Waals surface area contributed by atoms with E-state index in [1.807, 2.05) is 60.7 Å². The second kappa shape index (κ2) is 9.33. The van der Waals surface area contributed by atoms with E-state index in [0.717, 1.165) is 27.1 Å². The number of thioether (sulfide) groups is 1. The van der Waals surface area contributed by atoms with Gasteiger partial charge in [0, 0.05) is 21.7 Å². The predicted molar refractivity (Wildman–Crippen MR) is 132 cm³/mol. The number of aromatic nitrogens is 2. The van der Waals surface area contributed by atoms with Crippen molar-refractivity contribution in [3.63, 3.8) is 0 Å². The summed E-state index contributed by atoms with van der Waals surface area (Å²) in [6.07, 6.45) is 0. The van der Waals surface area contributed by atoms with Gasteiger partial charge in [0.05, 0.1) is 24.2 Å². The maximum atomic E-state index is 12.6. The van der Waals surface area contributed by atoms with Crippen LogP contribution in [0.15, 0.2) is 82.4 Å². The number of carbonyl (C=O) groups is 1. The first-order valence-corrected chi connectivity index (χ1v) is 12.0. The fraction of sp³-hybridized carbons (Fsp3) is 0.154. The van der Waals surface area contributed by atoms with E-state index in [1.165, 1.54) is 5.56 Å². The zero-order chi connectivity index (χ0) is 22.8. The third-order valence-corrected chi connectivity index (χ3v) is 6.60. The van der Waals surface area contributed by atoms with Gasteiger partial charge in [-0.1, -0.05) is 71.9 Å². The van der Waals surface area contributed by atoms with Crippen LogP contribution in [0.5, 0.6) is 0 Å². The van der Waals surface area contributed by atoms with Gasteiger partial charge in [0.2, 0.25) is 5.76 Å². The van der Waals surface area contributed by atoms with Crippen LogP contribution in [0.25, 0.3) is 22.0 Å². The van der Waals surface area contributed by atoms with Crippen molar-refractivity contribution in [1.29, 1.82) is 0 Å². The molecule has 5 nitrogen and oxygen atoms in total. The zero-order valence-electron chi connectivity index (χ0n) is 18.0. The van der Waals surface area contributed by atoms with Crippen LogP contribution in [0.4, 0.5) is 0 Å². The molecular formula is C26H21ClN2O3S. The third kappa shape index (κ3) is 4.36. The number of benzene rings is 3. The Kier molecular flexibility index (Phi) is 6.11. The second-order valence-corrected chi connectivity index (χ2v) is 8.89. The Morgan fingerprint density at radius 3 is 2.70 bits per heavy atom. The molecular weight excluding hydrogens is 456 g/mol. The third-order valence-electron chi connectivity index (χ3n) is 5.36. The van der Waals surface area contributed by atoms with Gasteiger partial charge in [-0.05, 0) is 36.8 Å². The summed E-state index contributed by atoms with van der Waals surface area (Å²) in [6.45, 7) is 2.75. The van der Waals surface area contributed by atoms with Gasteiger partial charge in [0.15, 0.2) is 5.16 Å². The Labute approximate surface area is 200 Å². The van der Waals surface area contributed by atoms with Gasteiger partial charge in [0.1, 0.15) is 5.58 Å². The second-order valence-electron chi connectivity index (χ2n) is 7.51. The molecule has 0 fully saturated rings. The molecule has 2 heterocycles. The number of carbonyl (C=O) groups excluding carboxylic acids is 1. The molecule has 0 N–H and O–H groups in total. The minimum absolute atomic E-state index is 0.249. The first kappa shape index (κ1) is 21.6. The van der Waals surface area contributed by atoms with Crippen LogP contribution in [0.2, 0.25) is 5.02 Å². The summed E-state index contributed by atoms with van der Waals surface area (Å²) in [5, 5.41) is 2.40. The van der Waals surface area contributed by atoms with Crippen LogP contribution in [0.3, 0.4) is 0 Å². The van der Waals surface area contributed by atoms with Crippen molar-refractivity contribution >= 4 is 51.3 Å². The molecule has 5 aromatic rings. The Balaban J connectivity index is 1.54. The SMILES string of the molecule is CCOC(=O)c1oc2ccccc2c1CSc1nc2cc(Cl)ccc2n1Cc1ccccc1. The molecule has 0 aliphatic rings. The van der Waals surface area contributed by atoms with Gasteiger partial charge in [0.25, 0.3) is 0 Å². The topological polar surface area (TPSA) is 57.3 Å². The van der Waals surface area contributed by atoms with Crippen LogP contribution >= 0.6 is 23.4 Å². The Morgan fingerprint density at radius 1 is 1.09 bits per heavy atom. The van der Waals surface area contributed by atoms with Crippen LogP contribution in [0.1, 0.15) is 28.6 Å². The van der Waals surface area contributed by atoms with Crippen LogP contribution in [-0.2, 0) is 17.0 Å². The van der Waals surface area contributed by atoms with Crippen LogP contribution < -0.4 is 0 Å². The lowest BCUT2D eigenvalue weighted by atomic mass is 10.1. The van der Waals surface area contributed by atoms with E-state index in [0.29, 0.717) is 22.9 Å². The lowest BCUT2D eigenvalue weighted by molar-refractivity contribution is 0.0491. The molecule has 2 aromatic heterocycles. The van der Waals surface area contributed by atoms with Gasteiger partial charge in [-0.3, -0.25) is 0 Å². The summed E-state index contributed by atoms with van der Waals surface area (Å²) in [6, 6.07) is 23.7. The fourth-order valence-electron chi connectivity index (χ4n) is 3.85. The number of nitrogens with zero attached hydrogens (tertiary/aromatic N) is 2. The number of ether oxygens (including phenoxy) is 1. The summed E-state index contributed by atoms with van der Waals surface area (Å²) in [5.74, 6) is 0.310. The molecule has 0 atom stereocenters. The predicted octanol–water partition coefficient (Wildman–Crippen LogP) is 6.95. The highest BCUT2D eigenvalue weighted by Gasteiger charge is 2.23. The van der Waals surface area contributed by atoms with E-state index in [-0.39, 0.29) is 12.4 Å². The average Bonchev–Trinajstić information content (AvgIpc) is 3.36. The Morgan fingerprint density at radius 2 is 1.88 bits per heavy atom. The van der Waals surface area contributed by atoms with Gasteiger partial charge >= 0.3 is 5.97 Å². The normalized spacial score (nSPS) is 11.3. The number of esters is 1. The first-order valence-electron chi connectivity index (χ1n) is 10.6. The molecule has 0 bridgehead atoms. The van der Waals surface area contributed by atoms with E-state index in [2.05, 4.69) is 16.7 Å². The minimum atomic E-state index is -0.450. The van der Waals surface area contributed by atoms with Gasteiger partial charge in [-0.25, -0.2) is 9.78 Å². The molecule has 0 aliphatic heterocycles. The summed E-state index contributed by atoms with van der Waals surface area (Å²) in [5.41, 5.74) is 4.50. The lowest BCUT2D eigenvalue weighted by Crippen LogP contribution is -2.06. The molecule has 7 heteroatoms. The summed E-state index contributed by atoms with van der Waals surface area (Å²) < 4.78 is 13.3. The number of hydrogen-bond donors (Lipinski definition) is 0. The van der Waals surface area contributed by atoms with Gasteiger partial charge in [-0.2, -0.15) is 0 Å². The van der Waals surface area contributed by atoms with Crippen molar-refractivity contribution in [2.45, 2.75) is 24.4 Å². The molecule has 0 aliphatic carbocycles. The Bertz CT molecular complexity index is 1440. The molecule has 166 valence electrons. The maximum absolute atomic E-state index is 12.6. The molecule has 0 spiro atoms. The average molecular weight is 477 g/mol. The van der Waals surface area contributed by atoms with Crippen molar-refractivity contribution in [2.24, 2.45) is 0 Å². The number of fused-ring (bicyclic) bond motifs is 2. The lowest BCUT2D eigenvalue weighted by Gasteiger charge is -2.09. The first-order chi connectivity index (χ1) is 16.1. The summed E-state index contributed by atoms with van der Waals surface area (Å²) in [4.78, 5) is 17.4. The van der Waals surface area contributed by atoms with E-state index in [4.69, 9.17) is 25.7 Å². The number of halogens is 1. The number of imidazole rings is 1. The molecule has 0 saturated carbocycles. The smallest absolute Gasteiger partial charge is 0.374 e. The molecule has 5 rings (SSSR count). The molecule has 0 radical (unpaired) electrons. The number of hydrogen-bond acceptors (Lipinski definition) is 5. The summed E-state index contributed by atoms with van der Waals surface area (Å²) in [7, 11) is 0. The van der Waals surface area contributed by atoms with Gasteiger partial charge < -0.3 is 13.7 Å². The number of para-hydroxylation sites is 1. The number of rotatable bonds is 7. The highest BCUT2D eigenvalue weighted by atomic mass is 35.5. The molecule has 33 heavy (non-hydrogen) atoms. The minimum Gasteiger partial charge on any atom is -0.460 e. The molecule has 3 aromatic carbocycles. The van der Waals surface area contributed by atoms with Crippen molar-refractivity contribution in [3.8, 4) is 0 Å².